The van der Waals surface area contributed by atoms with Crippen LogP contribution in [0.4, 0.5) is 0 Å². The summed E-state index contributed by atoms with van der Waals surface area (Å²) in [6.07, 6.45) is 0.289. The first-order chi connectivity index (χ1) is 4.70. The topological polar surface area (TPSA) is 60.7 Å². The van der Waals surface area contributed by atoms with Crippen LogP contribution in [0.15, 0.2) is 0 Å². The van der Waals surface area contributed by atoms with Crippen molar-refractivity contribution in [3.63, 3.8) is 0 Å². The van der Waals surface area contributed by atoms with Crippen LogP contribution in [0.5, 0.6) is 0 Å². The maximum Gasteiger partial charge on any atom is 0.0879 e. The Balaban J connectivity index is 2.15. The van der Waals surface area contributed by atoms with E-state index in [0.29, 0.717) is 12.3 Å². The highest BCUT2D eigenvalue weighted by molar-refractivity contribution is 5.14. The van der Waals surface area contributed by atoms with Gasteiger partial charge in [0.05, 0.1) is 18.8 Å². The number of fused-ring (bicyclic) bond motifs is 1. The van der Waals surface area contributed by atoms with E-state index in [0.717, 1.165) is 6.42 Å². The summed E-state index contributed by atoms with van der Waals surface area (Å²) in [7, 11) is 0. The van der Waals surface area contributed by atoms with Gasteiger partial charge in [-0.1, -0.05) is 0 Å². The largest absolute Gasteiger partial charge is 0.396 e. The summed E-state index contributed by atoms with van der Waals surface area (Å²) in [5.41, 5.74) is -0.306. The molecule has 2 aliphatic carbocycles. The van der Waals surface area contributed by atoms with E-state index in [1.807, 2.05) is 0 Å². The fraction of sp³-hybridized carbons (Fsp3) is 1.00. The zero-order valence-corrected chi connectivity index (χ0v) is 5.70. The van der Waals surface area contributed by atoms with Gasteiger partial charge in [0, 0.05) is 5.41 Å². The van der Waals surface area contributed by atoms with E-state index < -0.39 is 12.2 Å². The average Bonchev–Trinajstić information content (AvgIpc) is 2.57. The van der Waals surface area contributed by atoms with Gasteiger partial charge in [0.25, 0.3) is 0 Å². The van der Waals surface area contributed by atoms with Crippen molar-refractivity contribution in [1.29, 1.82) is 0 Å². The molecule has 2 rings (SSSR count). The van der Waals surface area contributed by atoms with Crippen LogP contribution in [0.3, 0.4) is 0 Å². The standard InChI is InChI=1S/C7H12O3/c8-3-7-2-4(7)1-5(9)6(7)10/h4-6,8-10H,1-3H2. The molecule has 0 aromatic rings. The van der Waals surface area contributed by atoms with Crippen LogP contribution in [-0.4, -0.2) is 34.1 Å². The van der Waals surface area contributed by atoms with Gasteiger partial charge in [-0.25, -0.2) is 0 Å². The minimum absolute atomic E-state index is 0.0237. The predicted molar refractivity (Wildman–Crippen MR) is 34.3 cm³/mol. The van der Waals surface area contributed by atoms with Crippen molar-refractivity contribution in [1.82, 2.24) is 0 Å². The van der Waals surface area contributed by atoms with Crippen molar-refractivity contribution in [2.45, 2.75) is 25.0 Å². The third-order valence-corrected chi connectivity index (χ3v) is 3.05. The first-order valence-corrected chi connectivity index (χ1v) is 3.68. The number of aliphatic hydroxyl groups is 3. The molecule has 0 bridgehead atoms. The molecule has 0 amide bonds. The van der Waals surface area contributed by atoms with Gasteiger partial charge in [-0.3, -0.25) is 0 Å². The molecule has 3 N–H and O–H groups in total. The maximum atomic E-state index is 9.35. The van der Waals surface area contributed by atoms with Crippen LogP contribution >= 0.6 is 0 Å². The first kappa shape index (κ1) is 6.58. The number of aliphatic hydroxyl groups excluding tert-OH is 3. The molecular formula is C7H12O3. The molecule has 0 radical (unpaired) electrons. The molecule has 0 heterocycles. The van der Waals surface area contributed by atoms with Crippen LogP contribution in [0, 0.1) is 11.3 Å². The van der Waals surface area contributed by atoms with Gasteiger partial charge in [-0.05, 0) is 18.8 Å². The fourth-order valence-electron chi connectivity index (χ4n) is 2.17. The molecule has 10 heavy (non-hydrogen) atoms. The summed E-state index contributed by atoms with van der Waals surface area (Å²) in [6.45, 7) is 0.0237. The second kappa shape index (κ2) is 1.72. The van der Waals surface area contributed by atoms with Gasteiger partial charge in [0.15, 0.2) is 0 Å². The molecule has 58 valence electrons. The maximum absolute atomic E-state index is 9.35. The Morgan fingerprint density at radius 1 is 1.40 bits per heavy atom. The van der Waals surface area contributed by atoms with Gasteiger partial charge < -0.3 is 15.3 Å². The van der Waals surface area contributed by atoms with E-state index in [1.165, 1.54) is 0 Å². The normalized spacial score (nSPS) is 58.5. The molecule has 4 unspecified atom stereocenters. The Morgan fingerprint density at radius 3 is 2.40 bits per heavy atom. The molecule has 2 saturated carbocycles. The van der Waals surface area contributed by atoms with Gasteiger partial charge in [-0.15, -0.1) is 0 Å². The molecule has 3 heteroatoms. The summed E-state index contributed by atoms with van der Waals surface area (Å²) in [5, 5.41) is 27.4. The molecular weight excluding hydrogens is 132 g/mol. The average molecular weight is 144 g/mol. The minimum atomic E-state index is -0.678. The van der Waals surface area contributed by atoms with Crippen LogP contribution in [-0.2, 0) is 0 Å². The summed E-state index contributed by atoms with van der Waals surface area (Å²) in [5.74, 6) is 0.377. The Morgan fingerprint density at radius 2 is 2.10 bits per heavy atom. The predicted octanol–water partition coefficient (Wildman–Crippen LogP) is -0.890. The lowest BCUT2D eigenvalue weighted by atomic mass is 10.0. The molecule has 2 fully saturated rings. The Labute approximate surface area is 59.3 Å². The van der Waals surface area contributed by atoms with E-state index in [9.17, 15) is 5.11 Å². The van der Waals surface area contributed by atoms with Crippen LogP contribution < -0.4 is 0 Å². The van der Waals surface area contributed by atoms with E-state index in [4.69, 9.17) is 10.2 Å². The lowest BCUT2D eigenvalue weighted by Crippen LogP contribution is -2.31. The molecule has 0 saturated heterocycles. The molecule has 2 aliphatic rings. The van der Waals surface area contributed by atoms with Crippen molar-refractivity contribution in [2.24, 2.45) is 11.3 Å². The van der Waals surface area contributed by atoms with Crippen LogP contribution in [0.25, 0.3) is 0 Å². The summed E-state index contributed by atoms with van der Waals surface area (Å²) >= 11 is 0. The van der Waals surface area contributed by atoms with E-state index in [-0.39, 0.29) is 12.0 Å². The fourth-order valence-corrected chi connectivity index (χ4v) is 2.17. The van der Waals surface area contributed by atoms with Crippen molar-refractivity contribution >= 4 is 0 Å². The van der Waals surface area contributed by atoms with E-state index in [2.05, 4.69) is 0 Å². The number of hydrogen-bond donors (Lipinski definition) is 3. The monoisotopic (exact) mass is 144 g/mol. The SMILES string of the molecule is OCC12CC1CC(O)C2O. The van der Waals surface area contributed by atoms with E-state index in [1.54, 1.807) is 0 Å². The summed E-state index contributed by atoms with van der Waals surface area (Å²) < 4.78 is 0. The second-order valence-electron chi connectivity index (χ2n) is 3.54. The lowest BCUT2D eigenvalue weighted by molar-refractivity contribution is -0.0184. The Bertz CT molecular complexity index is 155. The highest BCUT2D eigenvalue weighted by Gasteiger charge is 2.65. The number of hydrogen-bond acceptors (Lipinski definition) is 3. The Kier molecular flexibility index (Phi) is 1.14. The molecule has 3 nitrogen and oxygen atoms in total. The van der Waals surface area contributed by atoms with Crippen LogP contribution in [0.1, 0.15) is 12.8 Å². The summed E-state index contributed by atoms with van der Waals surface area (Å²) in [6, 6.07) is 0. The second-order valence-corrected chi connectivity index (χ2v) is 3.54. The highest BCUT2D eigenvalue weighted by Crippen LogP contribution is 2.62. The molecule has 4 atom stereocenters. The van der Waals surface area contributed by atoms with Crippen molar-refractivity contribution in [2.75, 3.05) is 6.61 Å². The number of rotatable bonds is 1. The van der Waals surface area contributed by atoms with E-state index >= 15 is 0 Å². The van der Waals surface area contributed by atoms with Gasteiger partial charge in [0.2, 0.25) is 0 Å². The summed E-state index contributed by atoms with van der Waals surface area (Å²) in [4.78, 5) is 0. The minimum Gasteiger partial charge on any atom is -0.396 e. The van der Waals surface area contributed by atoms with Crippen molar-refractivity contribution in [3.8, 4) is 0 Å². The highest BCUT2D eigenvalue weighted by atomic mass is 16.3. The molecule has 0 spiro atoms. The third kappa shape index (κ3) is 0.557. The van der Waals surface area contributed by atoms with Crippen molar-refractivity contribution in [3.05, 3.63) is 0 Å². The van der Waals surface area contributed by atoms with Gasteiger partial charge >= 0.3 is 0 Å². The van der Waals surface area contributed by atoms with Crippen LogP contribution in [0.2, 0.25) is 0 Å². The lowest BCUT2D eigenvalue weighted by Gasteiger charge is -2.18. The smallest absolute Gasteiger partial charge is 0.0879 e. The molecule has 0 aromatic heterocycles. The first-order valence-electron chi connectivity index (χ1n) is 3.68. The zero-order valence-electron chi connectivity index (χ0n) is 5.70. The quantitative estimate of drug-likeness (QED) is 0.447. The van der Waals surface area contributed by atoms with Gasteiger partial charge in [0.1, 0.15) is 0 Å². The molecule has 0 aromatic carbocycles. The molecule has 0 aliphatic heterocycles. The third-order valence-electron chi connectivity index (χ3n) is 3.05. The van der Waals surface area contributed by atoms with Crippen molar-refractivity contribution < 1.29 is 15.3 Å². The zero-order chi connectivity index (χ0) is 7.35. The van der Waals surface area contributed by atoms with Gasteiger partial charge in [-0.2, -0.15) is 0 Å². The Hall–Kier alpha value is -0.120.